The number of rotatable bonds is 8. The van der Waals surface area contributed by atoms with E-state index in [4.69, 9.17) is 4.98 Å². The Hall–Kier alpha value is -2.06. The largest absolute Gasteiger partial charge is 0.324 e. The van der Waals surface area contributed by atoms with E-state index in [1.54, 1.807) is 0 Å². The van der Waals surface area contributed by atoms with E-state index in [2.05, 4.69) is 72.2 Å². The van der Waals surface area contributed by atoms with Gasteiger partial charge >= 0.3 is 0 Å². The third-order valence-electron chi connectivity index (χ3n) is 4.39. The topological polar surface area (TPSA) is 17.8 Å². The average Bonchev–Trinajstić information content (AvgIpc) is 2.98. The highest BCUT2D eigenvalue weighted by molar-refractivity contribution is 5.85. The molecule has 0 spiro atoms. The highest BCUT2D eigenvalue weighted by Gasteiger charge is 2.07. The monoisotopic (exact) mass is 354 g/mol. The first-order chi connectivity index (χ1) is 11.9. The Bertz CT molecular complexity index is 790. The molecule has 0 N–H and O–H groups in total. The fourth-order valence-corrected chi connectivity index (χ4v) is 3.06. The van der Waals surface area contributed by atoms with Crippen LogP contribution < -0.4 is 0 Å². The van der Waals surface area contributed by atoms with Gasteiger partial charge < -0.3 is 4.57 Å². The van der Waals surface area contributed by atoms with E-state index >= 15 is 0 Å². The zero-order valence-corrected chi connectivity index (χ0v) is 15.7. The minimum Gasteiger partial charge on any atom is -0.324 e. The number of hydrogen-bond donors (Lipinski definition) is 0. The Labute approximate surface area is 157 Å². The molecule has 0 aliphatic carbocycles. The number of hydrogen-bond acceptors (Lipinski definition) is 1. The lowest BCUT2D eigenvalue weighted by atomic mass is 10.1. The number of aromatic nitrogens is 2. The summed E-state index contributed by atoms with van der Waals surface area (Å²) in [5.74, 6) is 1.05. The molecule has 0 amide bonds. The number of halogens is 1. The summed E-state index contributed by atoms with van der Waals surface area (Å²) in [5, 5.41) is 0. The number of aryl methyl sites for hydroxylation is 1. The van der Waals surface area contributed by atoms with Crippen LogP contribution in [0.15, 0.2) is 54.6 Å². The molecule has 1 heterocycles. The van der Waals surface area contributed by atoms with Crippen molar-refractivity contribution in [3.8, 4) is 0 Å². The van der Waals surface area contributed by atoms with Crippen molar-refractivity contribution in [1.82, 2.24) is 9.55 Å². The fourth-order valence-electron chi connectivity index (χ4n) is 3.06. The quantitative estimate of drug-likeness (QED) is 0.417. The second kappa shape index (κ2) is 10.0. The zero-order valence-electron chi connectivity index (χ0n) is 14.9. The molecule has 0 saturated carbocycles. The number of para-hydroxylation sites is 2. The second-order valence-corrected chi connectivity index (χ2v) is 6.27. The third-order valence-corrected chi connectivity index (χ3v) is 4.39. The smallest absolute Gasteiger partial charge is 0.133 e. The Kier molecular flexibility index (Phi) is 7.75. The molecule has 1 aromatic heterocycles. The van der Waals surface area contributed by atoms with Crippen LogP contribution >= 0.6 is 12.4 Å². The van der Waals surface area contributed by atoms with E-state index in [0.29, 0.717) is 0 Å². The van der Waals surface area contributed by atoms with Crippen LogP contribution in [-0.4, -0.2) is 9.55 Å². The van der Waals surface area contributed by atoms with Crippen molar-refractivity contribution in [2.24, 2.45) is 0 Å². The van der Waals surface area contributed by atoms with Crippen molar-refractivity contribution in [1.29, 1.82) is 0 Å². The van der Waals surface area contributed by atoms with Crippen molar-refractivity contribution in [3.05, 3.63) is 66.0 Å². The van der Waals surface area contributed by atoms with Gasteiger partial charge in [0.05, 0.1) is 11.0 Å². The van der Waals surface area contributed by atoms with Gasteiger partial charge in [-0.3, -0.25) is 0 Å². The summed E-state index contributed by atoms with van der Waals surface area (Å²) in [4.78, 5) is 4.82. The van der Waals surface area contributed by atoms with E-state index < -0.39 is 0 Å². The summed E-state index contributed by atoms with van der Waals surface area (Å²) < 4.78 is 2.36. The molecular weight excluding hydrogens is 328 g/mol. The molecule has 0 aliphatic heterocycles. The zero-order chi connectivity index (χ0) is 16.6. The number of imidazole rings is 1. The van der Waals surface area contributed by atoms with Gasteiger partial charge in [0.15, 0.2) is 0 Å². The molecule has 0 bridgehead atoms. The molecule has 0 unspecified atom stereocenters. The SMILES string of the molecule is CCCCCCCn1c(C=Cc2ccccc2)nc2ccccc21.Cl. The van der Waals surface area contributed by atoms with Gasteiger partial charge in [0.2, 0.25) is 0 Å². The van der Waals surface area contributed by atoms with Crippen LogP contribution in [0.2, 0.25) is 0 Å². The van der Waals surface area contributed by atoms with E-state index in [1.165, 1.54) is 43.2 Å². The molecule has 132 valence electrons. The fraction of sp³-hybridized carbons (Fsp3) is 0.318. The van der Waals surface area contributed by atoms with Gasteiger partial charge in [0, 0.05) is 6.54 Å². The van der Waals surface area contributed by atoms with Gasteiger partial charge in [-0.15, -0.1) is 12.4 Å². The summed E-state index contributed by atoms with van der Waals surface area (Å²) in [6.07, 6.45) is 10.8. The lowest BCUT2D eigenvalue weighted by Gasteiger charge is -2.07. The van der Waals surface area contributed by atoms with Crippen LogP contribution in [0.4, 0.5) is 0 Å². The van der Waals surface area contributed by atoms with Gasteiger partial charge in [-0.05, 0) is 30.2 Å². The maximum Gasteiger partial charge on any atom is 0.133 e. The first kappa shape index (κ1) is 19.3. The van der Waals surface area contributed by atoms with Gasteiger partial charge in [-0.1, -0.05) is 81.1 Å². The van der Waals surface area contributed by atoms with E-state index in [0.717, 1.165) is 17.9 Å². The molecule has 3 rings (SSSR count). The van der Waals surface area contributed by atoms with Gasteiger partial charge in [-0.25, -0.2) is 4.98 Å². The van der Waals surface area contributed by atoms with Crippen molar-refractivity contribution in [2.75, 3.05) is 0 Å². The molecule has 0 atom stereocenters. The summed E-state index contributed by atoms with van der Waals surface area (Å²) in [6.45, 7) is 3.30. The summed E-state index contributed by atoms with van der Waals surface area (Å²) in [6, 6.07) is 18.9. The molecular formula is C22H27ClN2. The van der Waals surface area contributed by atoms with Crippen molar-refractivity contribution >= 4 is 35.6 Å². The third kappa shape index (κ3) is 5.20. The molecule has 3 heteroatoms. The first-order valence-corrected chi connectivity index (χ1v) is 9.07. The second-order valence-electron chi connectivity index (χ2n) is 6.27. The van der Waals surface area contributed by atoms with Crippen LogP contribution in [-0.2, 0) is 6.54 Å². The van der Waals surface area contributed by atoms with Crippen LogP contribution in [0.3, 0.4) is 0 Å². The predicted octanol–water partition coefficient (Wildman–Crippen LogP) is 6.60. The molecule has 0 saturated heterocycles. The van der Waals surface area contributed by atoms with Crippen molar-refractivity contribution in [2.45, 2.75) is 45.6 Å². The van der Waals surface area contributed by atoms with Crippen LogP contribution in [0.25, 0.3) is 23.2 Å². The van der Waals surface area contributed by atoms with Crippen LogP contribution in [0.5, 0.6) is 0 Å². The predicted molar refractivity (Wildman–Crippen MR) is 111 cm³/mol. The van der Waals surface area contributed by atoms with Crippen molar-refractivity contribution in [3.63, 3.8) is 0 Å². The van der Waals surface area contributed by atoms with Crippen LogP contribution in [0.1, 0.15) is 50.4 Å². The maximum absolute atomic E-state index is 4.82. The highest BCUT2D eigenvalue weighted by Crippen LogP contribution is 2.19. The molecule has 2 nitrogen and oxygen atoms in total. The van der Waals surface area contributed by atoms with E-state index in [1.807, 2.05) is 6.07 Å². The van der Waals surface area contributed by atoms with Gasteiger partial charge in [-0.2, -0.15) is 0 Å². The molecule has 0 radical (unpaired) electrons. The molecule has 2 aromatic carbocycles. The number of fused-ring (bicyclic) bond motifs is 1. The lowest BCUT2D eigenvalue weighted by molar-refractivity contribution is 0.573. The summed E-state index contributed by atoms with van der Waals surface area (Å²) >= 11 is 0. The molecule has 0 aliphatic rings. The normalized spacial score (nSPS) is 11.1. The van der Waals surface area contributed by atoms with E-state index in [-0.39, 0.29) is 12.4 Å². The highest BCUT2D eigenvalue weighted by atomic mass is 35.5. The standard InChI is InChI=1S/C22H26N2.ClH/c1-2-3-4-5-11-18-24-21-15-10-9-14-20(21)23-22(24)17-16-19-12-7-6-8-13-19;/h6-10,12-17H,2-5,11,18H2,1H3;1H. The first-order valence-electron chi connectivity index (χ1n) is 9.07. The Balaban J connectivity index is 0.00000225. The Morgan fingerprint density at radius 3 is 2.36 bits per heavy atom. The molecule has 25 heavy (non-hydrogen) atoms. The maximum atomic E-state index is 4.82. The summed E-state index contributed by atoms with van der Waals surface area (Å²) in [7, 11) is 0. The molecule has 3 aromatic rings. The Morgan fingerprint density at radius 1 is 0.840 bits per heavy atom. The number of nitrogens with zero attached hydrogens (tertiary/aromatic N) is 2. The van der Waals surface area contributed by atoms with Gasteiger partial charge in [0.25, 0.3) is 0 Å². The van der Waals surface area contributed by atoms with Gasteiger partial charge in [0.1, 0.15) is 5.82 Å². The summed E-state index contributed by atoms with van der Waals surface area (Å²) in [5.41, 5.74) is 3.53. The van der Waals surface area contributed by atoms with E-state index in [9.17, 15) is 0 Å². The average molecular weight is 355 g/mol. The minimum atomic E-state index is 0. The number of benzene rings is 2. The number of unbranched alkanes of at least 4 members (excludes halogenated alkanes) is 4. The minimum absolute atomic E-state index is 0. The molecule has 0 fully saturated rings. The van der Waals surface area contributed by atoms with Crippen LogP contribution in [0, 0.1) is 0 Å². The Morgan fingerprint density at radius 2 is 1.56 bits per heavy atom. The lowest BCUT2D eigenvalue weighted by Crippen LogP contribution is -2.00. The van der Waals surface area contributed by atoms with Crippen molar-refractivity contribution < 1.29 is 0 Å².